The highest BCUT2D eigenvalue weighted by Crippen LogP contribution is 2.38. The summed E-state index contributed by atoms with van der Waals surface area (Å²) in [6.45, 7) is 11.5. The Kier molecular flexibility index (Phi) is 7.17. The molecule has 2 aliphatic heterocycles. The fourth-order valence-electron chi connectivity index (χ4n) is 5.08. The highest BCUT2D eigenvalue weighted by Gasteiger charge is 2.44. The Morgan fingerprint density at radius 2 is 1.59 bits per heavy atom. The molecule has 2 aliphatic rings. The Hall–Kier alpha value is -3.25. The highest BCUT2D eigenvalue weighted by molar-refractivity contribution is 7.03. The van der Waals surface area contributed by atoms with Gasteiger partial charge in [-0.3, -0.25) is 9.59 Å². The number of hydrogen-bond donors (Lipinski definition) is 1. The Bertz CT molecular complexity index is 1260. The molecule has 0 aromatic heterocycles. The largest absolute Gasteiger partial charge is 0.494 e. The minimum absolute atomic E-state index is 0.0368. The zero-order valence-corrected chi connectivity index (χ0v) is 24.7. The quantitative estimate of drug-likeness (QED) is 0.422. The van der Waals surface area contributed by atoms with Crippen molar-refractivity contribution < 1.29 is 33.3 Å². The summed E-state index contributed by atoms with van der Waals surface area (Å²) in [5, 5.41) is 5.42. The van der Waals surface area contributed by atoms with Crippen LogP contribution in [0.4, 0.5) is 5.69 Å². The van der Waals surface area contributed by atoms with Gasteiger partial charge in [0.1, 0.15) is 17.2 Å². The van der Waals surface area contributed by atoms with E-state index in [4.69, 9.17) is 23.7 Å². The van der Waals surface area contributed by atoms with E-state index in [-0.39, 0.29) is 5.95 Å². The van der Waals surface area contributed by atoms with Crippen molar-refractivity contribution in [1.82, 2.24) is 0 Å². The van der Waals surface area contributed by atoms with Gasteiger partial charge in [-0.2, -0.15) is 0 Å². The van der Waals surface area contributed by atoms with Gasteiger partial charge in [0.15, 0.2) is 11.5 Å². The number of methoxy groups -OCH3 is 3. The topological polar surface area (TPSA) is 92.3 Å². The molecule has 37 heavy (non-hydrogen) atoms. The number of fused-ring (bicyclic) bond motifs is 1. The summed E-state index contributed by atoms with van der Waals surface area (Å²) in [4.78, 5) is 25.8. The lowest BCUT2D eigenvalue weighted by atomic mass is 10.2. The zero-order chi connectivity index (χ0) is 27.1. The average molecular weight is 542 g/mol. The number of carbonyl (C=O) groups excluding carboxylic acids is 2. The third-order valence-corrected chi connectivity index (χ3v) is 14.7. The number of nitrogens with one attached hydrogen (secondary N) is 1. The van der Waals surface area contributed by atoms with Crippen molar-refractivity contribution in [2.75, 3.05) is 26.6 Å². The maximum atomic E-state index is 13.0. The lowest BCUT2D eigenvalue weighted by Gasteiger charge is -2.41. The smallest absolute Gasteiger partial charge is 0.289 e. The third-order valence-electron chi connectivity index (χ3n) is 7.28. The van der Waals surface area contributed by atoms with Gasteiger partial charge < -0.3 is 29.0 Å². The van der Waals surface area contributed by atoms with Crippen LogP contribution >= 0.6 is 0 Å². The molecule has 1 N–H and O–H groups in total. The number of amides is 1. The van der Waals surface area contributed by atoms with Gasteiger partial charge in [-0.25, -0.2) is 0 Å². The van der Waals surface area contributed by atoms with E-state index in [0.29, 0.717) is 22.9 Å². The predicted octanol–water partition coefficient (Wildman–Crippen LogP) is 3.69. The second-order valence-corrected chi connectivity index (χ2v) is 20.3. The van der Waals surface area contributed by atoms with Crippen molar-refractivity contribution in [2.45, 2.75) is 51.3 Å². The van der Waals surface area contributed by atoms with E-state index in [2.05, 4.69) is 37.6 Å². The number of ether oxygens (including phenoxy) is 5. The van der Waals surface area contributed by atoms with Crippen LogP contribution in [0.15, 0.2) is 36.3 Å². The number of rotatable bonds is 7. The molecule has 198 valence electrons. The van der Waals surface area contributed by atoms with Gasteiger partial charge in [0.25, 0.3) is 11.9 Å². The number of para-hydroxylation sites is 1. The Balaban J connectivity index is 1.61. The maximum Gasteiger partial charge on any atom is 0.289 e. The molecular weight excluding hydrogens is 506 g/mol. The van der Waals surface area contributed by atoms with Crippen LogP contribution in [0.25, 0.3) is 0 Å². The fourth-order valence-corrected chi connectivity index (χ4v) is 15.7. The van der Waals surface area contributed by atoms with Crippen molar-refractivity contribution in [2.24, 2.45) is 0 Å². The summed E-state index contributed by atoms with van der Waals surface area (Å²) in [7, 11) is 1.24. The van der Waals surface area contributed by atoms with Gasteiger partial charge in [0, 0.05) is 0 Å². The molecule has 0 saturated heterocycles. The van der Waals surface area contributed by atoms with Gasteiger partial charge >= 0.3 is 0 Å². The monoisotopic (exact) mass is 541 g/mol. The summed E-state index contributed by atoms with van der Waals surface area (Å²) in [6, 6.07) is 9.79. The molecule has 1 amide bonds. The minimum atomic E-state index is -1.77. The predicted molar refractivity (Wildman–Crippen MR) is 148 cm³/mol. The Labute approximate surface area is 219 Å². The van der Waals surface area contributed by atoms with Gasteiger partial charge in [0.2, 0.25) is 11.9 Å². The van der Waals surface area contributed by atoms with Crippen LogP contribution in [-0.2, 0) is 14.3 Å². The molecule has 1 atom stereocenters. The van der Waals surface area contributed by atoms with Crippen LogP contribution in [-0.4, -0.2) is 55.3 Å². The zero-order valence-electron chi connectivity index (χ0n) is 22.7. The number of aryl methyl sites for hydroxylation is 1. The molecule has 0 saturated carbocycles. The maximum absolute atomic E-state index is 13.0. The summed E-state index contributed by atoms with van der Waals surface area (Å²) in [5.74, 6) is 0.837. The van der Waals surface area contributed by atoms with Crippen LogP contribution in [0.5, 0.6) is 23.0 Å². The molecule has 0 fully saturated rings. The van der Waals surface area contributed by atoms with E-state index < -0.39 is 33.9 Å². The Morgan fingerprint density at radius 3 is 2.19 bits per heavy atom. The molecular formula is C27H35NO7Si2. The summed E-state index contributed by atoms with van der Waals surface area (Å²) < 4.78 is 28.5. The molecule has 0 radical (unpaired) electrons. The van der Waals surface area contributed by atoms with E-state index in [1.165, 1.54) is 42.8 Å². The van der Waals surface area contributed by atoms with Crippen molar-refractivity contribution >= 4 is 43.9 Å². The number of anilines is 1. The van der Waals surface area contributed by atoms with Crippen LogP contribution in [0.1, 0.15) is 5.56 Å². The van der Waals surface area contributed by atoms with Crippen molar-refractivity contribution in [1.29, 1.82) is 0 Å². The molecule has 10 heteroatoms. The standard InChI is InChI=1S/C27H35NO7Si2/c1-16-14-20-26(37(7,8)13-12-36(20,5)6)25(33-4)23(16)34-21-15-17(29)24(35-21)27(30)28-22-18(31-2)10-9-11-19(22)32-3/h9-11,14-15,24H,12-13H2,1-8H3,(H,28,30). The minimum Gasteiger partial charge on any atom is -0.494 e. The lowest BCUT2D eigenvalue weighted by Crippen LogP contribution is -2.63. The van der Waals surface area contributed by atoms with E-state index in [9.17, 15) is 9.59 Å². The van der Waals surface area contributed by atoms with E-state index >= 15 is 0 Å². The molecule has 0 spiro atoms. The summed E-state index contributed by atoms with van der Waals surface area (Å²) in [6.07, 6.45) is -0.186. The number of benzene rings is 2. The first kappa shape index (κ1) is 26.8. The van der Waals surface area contributed by atoms with E-state index in [1.807, 2.05) is 6.92 Å². The SMILES string of the molecule is COc1cccc(OC)c1NC(=O)C1OC(Oc2c(C)cc3c(c2OC)[Si](C)(C)CC[Si]3(C)C)=CC1=O. The van der Waals surface area contributed by atoms with Crippen molar-refractivity contribution in [3.8, 4) is 23.0 Å². The van der Waals surface area contributed by atoms with Gasteiger partial charge in [-0.05, 0) is 29.8 Å². The molecule has 0 bridgehead atoms. The first-order valence-corrected chi connectivity index (χ1v) is 18.7. The first-order valence-electron chi connectivity index (χ1n) is 12.3. The molecule has 2 aromatic rings. The van der Waals surface area contributed by atoms with Gasteiger partial charge in [0.05, 0.1) is 43.6 Å². The molecule has 2 heterocycles. The summed E-state index contributed by atoms with van der Waals surface area (Å²) >= 11 is 0. The second kappa shape index (κ2) is 9.90. The van der Waals surface area contributed by atoms with Crippen LogP contribution < -0.4 is 34.6 Å². The lowest BCUT2D eigenvalue weighted by molar-refractivity contribution is -0.134. The molecule has 4 rings (SSSR count). The second-order valence-electron chi connectivity index (χ2n) is 10.7. The van der Waals surface area contributed by atoms with E-state index in [1.54, 1.807) is 25.3 Å². The first-order chi connectivity index (χ1) is 17.4. The van der Waals surface area contributed by atoms with Crippen LogP contribution in [0, 0.1) is 6.92 Å². The Morgan fingerprint density at radius 1 is 0.973 bits per heavy atom. The fraction of sp³-hybridized carbons (Fsp3) is 0.407. The van der Waals surface area contributed by atoms with Crippen LogP contribution in [0.2, 0.25) is 38.3 Å². The third kappa shape index (κ3) is 4.87. The average Bonchev–Trinajstić information content (AvgIpc) is 3.22. The normalized spacial score (nSPS) is 19.3. The number of ketones is 1. The number of carbonyl (C=O) groups is 2. The molecule has 8 nitrogen and oxygen atoms in total. The van der Waals surface area contributed by atoms with Crippen LogP contribution in [0.3, 0.4) is 0 Å². The molecule has 1 unspecified atom stereocenters. The molecule has 0 aliphatic carbocycles. The van der Waals surface area contributed by atoms with Gasteiger partial charge in [-0.15, -0.1) is 0 Å². The van der Waals surface area contributed by atoms with E-state index in [0.717, 1.165) is 11.3 Å². The summed E-state index contributed by atoms with van der Waals surface area (Å²) in [5.41, 5.74) is 1.22. The van der Waals surface area contributed by atoms with Crippen molar-refractivity contribution in [3.05, 3.63) is 41.9 Å². The van der Waals surface area contributed by atoms with Crippen molar-refractivity contribution in [3.63, 3.8) is 0 Å². The number of hydrogen-bond acceptors (Lipinski definition) is 7. The molecule has 2 aromatic carbocycles. The highest BCUT2D eigenvalue weighted by atomic mass is 28.3. The van der Waals surface area contributed by atoms with Gasteiger partial charge in [-0.1, -0.05) is 55.6 Å².